The molecule has 0 aliphatic carbocycles. The van der Waals surface area contributed by atoms with E-state index in [1.54, 1.807) is 42.7 Å². The van der Waals surface area contributed by atoms with Crippen molar-refractivity contribution in [2.24, 2.45) is 0 Å². The van der Waals surface area contributed by atoms with Crippen molar-refractivity contribution in [3.63, 3.8) is 0 Å². The first kappa shape index (κ1) is 18.6. The number of para-hydroxylation sites is 1. The summed E-state index contributed by atoms with van der Waals surface area (Å²) in [5, 5.41) is 2.87. The van der Waals surface area contributed by atoms with Crippen LogP contribution in [0, 0.1) is 0 Å². The van der Waals surface area contributed by atoms with Gasteiger partial charge in [-0.25, -0.2) is 0 Å². The van der Waals surface area contributed by atoms with Crippen molar-refractivity contribution >= 4 is 17.4 Å². The van der Waals surface area contributed by atoms with Gasteiger partial charge in [-0.05, 0) is 31.3 Å². The summed E-state index contributed by atoms with van der Waals surface area (Å²) in [5.41, 5.74) is 1.61. The van der Waals surface area contributed by atoms with Crippen molar-refractivity contribution < 1.29 is 14.0 Å². The predicted molar refractivity (Wildman–Crippen MR) is 105 cm³/mol. The molecule has 0 fully saturated rings. The fourth-order valence-electron chi connectivity index (χ4n) is 2.79. The molecule has 1 aromatic heterocycles. The minimum atomic E-state index is -0.130. The summed E-state index contributed by atoms with van der Waals surface area (Å²) in [6.07, 6.45) is 1.96. The van der Waals surface area contributed by atoms with Crippen LogP contribution in [0.3, 0.4) is 0 Å². The van der Waals surface area contributed by atoms with Crippen molar-refractivity contribution in [3.8, 4) is 0 Å². The number of carbonyl (C=O) groups excluding carboxylic acids is 2. The van der Waals surface area contributed by atoms with Gasteiger partial charge in [0, 0.05) is 24.1 Å². The monoisotopic (exact) mass is 362 g/mol. The van der Waals surface area contributed by atoms with E-state index in [4.69, 9.17) is 4.42 Å². The molecule has 1 heterocycles. The number of rotatable bonds is 8. The molecular weight excluding hydrogens is 340 g/mol. The lowest BCUT2D eigenvalue weighted by Crippen LogP contribution is -2.24. The minimum Gasteiger partial charge on any atom is -0.468 e. The van der Waals surface area contributed by atoms with Gasteiger partial charge in [-0.2, -0.15) is 0 Å². The van der Waals surface area contributed by atoms with Crippen LogP contribution in [-0.4, -0.2) is 30.2 Å². The van der Waals surface area contributed by atoms with E-state index in [2.05, 4.69) is 5.32 Å². The molecule has 5 nitrogen and oxygen atoms in total. The first-order valence-electron chi connectivity index (χ1n) is 8.83. The van der Waals surface area contributed by atoms with E-state index < -0.39 is 0 Å². The molecule has 1 N–H and O–H groups in total. The van der Waals surface area contributed by atoms with Gasteiger partial charge < -0.3 is 9.73 Å². The van der Waals surface area contributed by atoms with Crippen LogP contribution in [0.2, 0.25) is 0 Å². The molecule has 0 radical (unpaired) electrons. The fourth-order valence-corrected chi connectivity index (χ4v) is 2.79. The standard InChI is InChI=1S/C22H22N2O3/c1-24(16-18-10-7-15-27-18)14-13-21(25)23-20-12-6-5-11-19(20)22(26)17-8-3-2-4-9-17/h2-12,15H,13-14,16H2,1H3,(H,23,25). The lowest BCUT2D eigenvalue weighted by Gasteiger charge is -2.15. The summed E-state index contributed by atoms with van der Waals surface area (Å²) < 4.78 is 5.31. The maximum Gasteiger partial charge on any atom is 0.225 e. The Bertz CT molecular complexity index is 889. The zero-order valence-corrected chi connectivity index (χ0v) is 15.2. The quantitative estimate of drug-likeness (QED) is 0.616. The molecule has 0 saturated carbocycles. The Kier molecular flexibility index (Phi) is 6.18. The van der Waals surface area contributed by atoms with Gasteiger partial charge >= 0.3 is 0 Å². The van der Waals surface area contributed by atoms with Crippen molar-refractivity contribution in [1.82, 2.24) is 4.90 Å². The largest absolute Gasteiger partial charge is 0.468 e. The molecular formula is C22H22N2O3. The van der Waals surface area contributed by atoms with E-state index in [0.29, 0.717) is 36.3 Å². The van der Waals surface area contributed by atoms with Crippen molar-refractivity contribution in [2.75, 3.05) is 18.9 Å². The van der Waals surface area contributed by atoms with E-state index >= 15 is 0 Å². The van der Waals surface area contributed by atoms with Gasteiger partial charge in [0.25, 0.3) is 0 Å². The predicted octanol–water partition coefficient (Wildman–Crippen LogP) is 3.97. The first-order chi connectivity index (χ1) is 13.1. The molecule has 3 rings (SSSR count). The lowest BCUT2D eigenvalue weighted by molar-refractivity contribution is -0.116. The number of benzene rings is 2. The molecule has 0 unspecified atom stereocenters. The second-order valence-corrected chi connectivity index (χ2v) is 6.36. The molecule has 2 aromatic carbocycles. The molecule has 5 heteroatoms. The number of nitrogens with one attached hydrogen (secondary N) is 1. The van der Waals surface area contributed by atoms with Gasteiger partial charge in [0.2, 0.25) is 5.91 Å². The molecule has 27 heavy (non-hydrogen) atoms. The van der Waals surface area contributed by atoms with Gasteiger partial charge in [0.05, 0.1) is 18.5 Å². The topological polar surface area (TPSA) is 62.6 Å². The van der Waals surface area contributed by atoms with Crippen LogP contribution >= 0.6 is 0 Å². The number of nitrogens with zero attached hydrogens (tertiary/aromatic N) is 1. The number of furan rings is 1. The first-order valence-corrected chi connectivity index (χ1v) is 8.83. The van der Waals surface area contributed by atoms with Crippen LogP contribution in [0.1, 0.15) is 28.1 Å². The van der Waals surface area contributed by atoms with Crippen LogP contribution in [0.5, 0.6) is 0 Å². The summed E-state index contributed by atoms with van der Waals surface area (Å²) in [6, 6.07) is 19.9. The summed E-state index contributed by atoms with van der Waals surface area (Å²) in [5.74, 6) is 0.618. The highest BCUT2D eigenvalue weighted by atomic mass is 16.3. The van der Waals surface area contributed by atoms with Crippen molar-refractivity contribution in [3.05, 3.63) is 89.9 Å². The van der Waals surface area contributed by atoms with E-state index in [0.717, 1.165) is 5.76 Å². The second-order valence-electron chi connectivity index (χ2n) is 6.36. The molecule has 1 amide bonds. The highest BCUT2D eigenvalue weighted by Gasteiger charge is 2.15. The minimum absolute atomic E-state index is 0.110. The molecule has 0 atom stereocenters. The Morgan fingerprint density at radius 2 is 1.70 bits per heavy atom. The van der Waals surface area contributed by atoms with E-state index in [1.807, 2.05) is 42.3 Å². The maximum absolute atomic E-state index is 12.7. The Labute approximate surface area is 158 Å². The molecule has 3 aromatic rings. The van der Waals surface area contributed by atoms with Crippen LogP contribution in [-0.2, 0) is 11.3 Å². The van der Waals surface area contributed by atoms with Crippen LogP contribution in [0.4, 0.5) is 5.69 Å². The summed E-state index contributed by atoms with van der Waals surface area (Å²) >= 11 is 0. The SMILES string of the molecule is CN(CCC(=O)Nc1ccccc1C(=O)c1ccccc1)Cc1ccco1. The number of amides is 1. The number of hydrogen-bond donors (Lipinski definition) is 1. The van der Waals surface area contributed by atoms with Gasteiger partial charge in [0.1, 0.15) is 5.76 Å². The molecule has 0 aliphatic heterocycles. The van der Waals surface area contributed by atoms with Crippen LogP contribution < -0.4 is 5.32 Å². The van der Waals surface area contributed by atoms with Crippen molar-refractivity contribution in [2.45, 2.75) is 13.0 Å². The highest BCUT2D eigenvalue weighted by molar-refractivity contribution is 6.13. The number of carbonyl (C=O) groups is 2. The summed E-state index contributed by atoms with van der Waals surface area (Å²) in [6.45, 7) is 1.23. The van der Waals surface area contributed by atoms with Gasteiger partial charge in [0.15, 0.2) is 5.78 Å². The number of anilines is 1. The third-order valence-electron chi connectivity index (χ3n) is 4.21. The summed E-state index contributed by atoms with van der Waals surface area (Å²) in [4.78, 5) is 27.1. The number of ketones is 1. The third kappa shape index (κ3) is 5.15. The maximum atomic E-state index is 12.7. The Hall–Kier alpha value is -3.18. The average Bonchev–Trinajstić information content (AvgIpc) is 3.20. The average molecular weight is 362 g/mol. The Balaban J connectivity index is 1.60. The van der Waals surface area contributed by atoms with E-state index in [-0.39, 0.29) is 11.7 Å². The van der Waals surface area contributed by atoms with Crippen molar-refractivity contribution in [1.29, 1.82) is 0 Å². The fraction of sp³-hybridized carbons (Fsp3) is 0.182. The molecule has 138 valence electrons. The Morgan fingerprint density at radius 3 is 2.44 bits per heavy atom. The van der Waals surface area contributed by atoms with Crippen LogP contribution in [0.15, 0.2) is 77.4 Å². The second kappa shape index (κ2) is 8.96. The zero-order chi connectivity index (χ0) is 19.1. The third-order valence-corrected chi connectivity index (χ3v) is 4.21. The van der Waals surface area contributed by atoms with Crippen LogP contribution in [0.25, 0.3) is 0 Å². The zero-order valence-electron chi connectivity index (χ0n) is 15.2. The van der Waals surface area contributed by atoms with Gasteiger partial charge in [-0.3, -0.25) is 14.5 Å². The number of hydrogen-bond acceptors (Lipinski definition) is 4. The lowest BCUT2D eigenvalue weighted by atomic mass is 10.0. The molecule has 0 saturated heterocycles. The van der Waals surface area contributed by atoms with Gasteiger partial charge in [-0.15, -0.1) is 0 Å². The smallest absolute Gasteiger partial charge is 0.225 e. The molecule has 0 bridgehead atoms. The Morgan fingerprint density at radius 1 is 0.963 bits per heavy atom. The van der Waals surface area contributed by atoms with E-state index in [9.17, 15) is 9.59 Å². The summed E-state index contributed by atoms with van der Waals surface area (Å²) in [7, 11) is 1.93. The molecule has 0 aliphatic rings. The normalized spacial score (nSPS) is 10.7. The molecule has 0 spiro atoms. The van der Waals surface area contributed by atoms with E-state index in [1.165, 1.54) is 0 Å². The highest BCUT2D eigenvalue weighted by Crippen LogP contribution is 2.19. The van der Waals surface area contributed by atoms with Gasteiger partial charge in [-0.1, -0.05) is 42.5 Å².